The summed E-state index contributed by atoms with van der Waals surface area (Å²) < 4.78 is 0. The molecule has 2 aromatic carbocycles. The van der Waals surface area contributed by atoms with E-state index in [1.807, 2.05) is 29.2 Å². The Bertz CT molecular complexity index is 667. The standard InChI is InChI=1S/C20H24N2O.ClH/c1-15-5-9-17(10-6-15)19-4-2-3-13-22(19)20(23)18-11-7-16(14-21)8-12-18;/h5-12,19H,2-4,13-14,21H2,1H3;1H. The summed E-state index contributed by atoms with van der Waals surface area (Å²) in [4.78, 5) is 15.0. The molecule has 1 aliphatic rings. The van der Waals surface area contributed by atoms with Crippen molar-refractivity contribution in [1.29, 1.82) is 0 Å². The van der Waals surface area contributed by atoms with E-state index in [1.54, 1.807) is 0 Å². The lowest BCUT2D eigenvalue weighted by molar-refractivity contribution is 0.0611. The Morgan fingerprint density at radius 3 is 2.38 bits per heavy atom. The Kier molecular flexibility index (Phi) is 6.41. The van der Waals surface area contributed by atoms with Gasteiger partial charge in [0.25, 0.3) is 5.91 Å². The van der Waals surface area contributed by atoms with Crippen molar-refractivity contribution in [3.05, 3.63) is 70.8 Å². The second-order valence-corrected chi connectivity index (χ2v) is 6.32. The Labute approximate surface area is 150 Å². The highest BCUT2D eigenvalue weighted by Gasteiger charge is 2.28. The van der Waals surface area contributed by atoms with Gasteiger partial charge < -0.3 is 10.6 Å². The quantitative estimate of drug-likeness (QED) is 0.905. The average Bonchev–Trinajstić information content (AvgIpc) is 2.62. The van der Waals surface area contributed by atoms with Crippen LogP contribution in [-0.2, 0) is 6.54 Å². The van der Waals surface area contributed by atoms with Crippen molar-refractivity contribution in [2.75, 3.05) is 6.54 Å². The molecule has 0 radical (unpaired) electrons. The Hall–Kier alpha value is -1.84. The zero-order valence-corrected chi connectivity index (χ0v) is 14.9. The molecule has 1 heterocycles. The number of rotatable bonds is 3. The highest BCUT2D eigenvalue weighted by molar-refractivity contribution is 5.94. The van der Waals surface area contributed by atoms with Crippen LogP contribution in [0.1, 0.15) is 52.4 Å². The second kappa shape index (κ2) is 8.32. The van der Waals surface area contributed by atoms with Crippen molar-refractivity contribution in [2.24, 2.45) is 5.73 Å². The molecule has 1 unspecified atom stereocenters. The normalized spacial score (nSPS) is 17.2. The molecule has 3 nitrogen and oxygen atoms in total. The van der Waals surface area contributed by atoms with E-state index >= 15 is 0 Å². The van der Waals surface area contributed by atoms with Crippen LogP contribution < -0.4 is 5.73 Å². The molecule has 0 aromatic heterocycles. The van der Waals surface area contributed by atoms with Gasteiger partial charge in [-0.05, 0) is 49.4 Å². The molecule has 128 valence electrons. The molecule has 2 N–H and O–H groups in total. The number of nitrogens with two attached hydrogens (primary N) is 1. The minimum Gasteiger partial charge on any atom is -0.332 e. The first-order valence-corrected chi connectivity index (χ1v) is 8.35. The topological polar surface area (TPSA) is 46.3 Å². The smallest absolute Gasteiger partial charge is 0.254 e. The Morgan fingerprint density at radius 1 is 1.08 bits per heavy atom. The van der Waals surface area contributed by atoms with Crippen LogP contribution in [0.4, 0.5) is 0 Å². The highest BCUT2D eigenvalue weighted by Crippen LogP contribution is 2.32. The summed E-state index contributed by atoms with van der Waals surface area (Å²) >= 11 is 0. The van der Waals surface area contributed by atoms with Crippen LogP contribution in [0.15, 0.2) is 48.5 Å². The fourth-order valence-corrected chi connectivity index (χ4v) is 3.26. The van der Waals surface area contributed by atoms with Crippen LogP contribution in [0.5, 0.6) is 0 Å². The van der Waals surface area contributed by atoms with E-state index in [0.717, 1.165) is 30.5 Å². The van der Waals surface area contributed by atoms with E-state index in [0.29, 0.717) is 6.54 Å². The number of amides is 1. The third-order valence-corrected chi connectivity index (χ3v) is 4.66. The number of likely N-dealkylation sites (tertiary alicyclic amines) is 1. The zero-order valence-electron chi connectivity index (χ0n) is 14.1. The molecule has 0 saturated carbocycles. The molecular formula is C20H25ClN2O. The van der Waals surface area contributed by atoms with Gasteiger partial charge in [-0.25, -0.2) is 0 Å². The van der Waals surface area contributed by atoms with Crippen molar-refractivity contribution >= 4 is 18.3 Å². The number of benzene rings is 2. The van der Waals surface area contributed by atoms with Crippen LogP contribution in [0.3, 0.4) is 0 Å². The van der Waals surface area contributed by atoms with Gasteiger partial charge in [-0.1, -0.05) is 42.0 Å². The number of hydrogen-bond donors (Lipinski definition) is 1. The number of carbonyl (C=O) groups excluding carboxylic acids is 1. The van der Waals surface area contributed by atoms with Crippen LogP contribution in [0, 0.1) is 6.92 Å². The Morgan fingerprint density at radius 2 is 1.75 bits per heavy atom. The fraction of sp³-hybridized carbons (Fsp3) is 0.350. The van der Waals surface area contributed by atoms with Gasteiger partial charge in [0, 0.05) is 18.7 Å². The summed E-state index contributed by atoms with van der Waals surface area (Å²) in [5.41, 5.74) is 9.92. The van der Waals surface area contributed by atoms with Crippen molar-refractivity contribution in [3.63, 3.8) is 0 Å². The molecule has 0 bridgehead atoms. The number of nitrogens with zero attached hydrogens (tertiary/aromatic N) is 1. The predicted octanol–water partition coefficient (Wildman–Crippen LogP) is 4.24. The minimum atomic E-state index is 0. The maximum absolute atomic E-state index is 12.9. The summed E-state index contributed by atoms with van der Waals surface area (Å²) in [5.74, 6) is 0.124. The number of aryl methyl sites for hydroxylation is 1. The Balaban J connectivity index is 0.00000208. The first kappa shape index (κ1) is 18.5. The first-order valence-electron chi connectivity index (χ1n) is 8.35. The van der Waals surface area contributed by atoms with Crippen LogP contribution >= 0.6 is 12.4 Å². The molecule has 2 aromatic rings. The maximum atomic E-state index is 12.9. The maximum Gasteiger partial charge on any atom is 0.254 e. The molecule has 3 rings (SSSR count). The predicted molar refractivity (Wildman–Crippen MR) is 100 cm³/mol. The van der Waals surface area contributed by atoms with Crippen LogP contribution in [0.2, 0.25) is 0 Å². The number of halogens is 1. The highest BCUT2D eigenvalue weighted by atomic mass is 35.5. The van der Waals surface area contributed by atoms with Crippen molar-refractivity contribution in [1.82, 2.24) is 4.90 Å². The van der Waals surface area contributed by atoms with Gasteiger partial charge >= 0.3 is 0 Å². The third-order valence-electron chi connectivity index (χ3n) is 4.66. The van der Waals surface area contributed by atoms with Gasteiger partial charge in [-0.15, -0.1) is 12.4 Å². The minimum absolute atomic E-state index is 0. The van der Waals surface area contributed by atoms with Gasteiger partial charge in [0.05, 0.1) is 6.04 Å². The molecule has 1 fully saturated rings. The number of carbonyl (C=O) groups is 1. The molecule has 0 spiro atoms. The van der Waals surface area contributed by atoms with Crippen molar-refractivity contribution in [3.8, 4) is 0 Å². The van der Waals surface area contributed by atoms with E-state index in [-0.39, 0.29) is 24.4 Å². The summed E-state index contributed by atoms with van der Waals surface area (Å²) in [6.07, 6.45) is 3.29. The van der Waals surface area contributed by atoms with E-state index in [4.69, 9.17) is 5.73 Å². The van der Waals surface area contributed by atoms with Crippen LogP contribution in [0.25, 0.3) is 0 Å². The van der Waals surface area contributed by atoms with Gasteiger partial charge in [0.1, 0.15) is 0 Å². The monoisotopic (exact) mass is 344 g/mol. The van der Waals surface area contributed by atoms with Crippen LogP contribution in [-0.4, -0.2) is 17.4 Å². The summed E-state index contributed by atoms with van der Waals surface area (Å²) in [6.45, 7) is 3.42. The average molecular weight is 345 g/mol. The molecule has 4 heteroatoms. The molecule has 1 amide bonds. The fourth-order valence-electron chi connectivity index (χ4n) is 3.26. The van der Waals surface area contributed by atoms with Crippen molar-refractivity contribution in [2.45, 2.75) is 38.8 Å². The van der Waals surface area contributed by atoms with E-state index in [9.17, 15) is 4.79 Å². The molecule has 1 atom stereocenters. The number of hydrogen-bond acceptors (Lipinski definition) is 2. The lowest BCUT2D eigenvalue weighted by atomic mass is 9.94. The lowest BCUT2D eigenvalue weighted by Crippen LogP contribution is -2.38. The second-order valence-electron chi connectivity index (χ2n) is 6.32. The first-order chi connectivity index (χ1) is 11.2. The molecule has 1 aliphatic heterocycles. The summed E-state index contributed by atoms with van der Waals surface area (Å²) in [7, 11) is 0. The zero-order chi connectivity index (χ0) is 16.2. The van der Waals surface area contributed by atoms with Gasteiger partial charge in [0.15, 0.2) is 0 Å². The van der Waals surface area contributed by atoms with E-state index in [1.165, 1.54) is 17.5 Å². The molecular weight excluding hydrogens is 320 g/mol. The number of piperidine rings is 1. The molecule has 24 heavy (non-hydrogen) atoms. The molecule has 1 saturated heterocycles. The van der Waals surface area contributed by atoms with Gasteiger partial charge in [-0.2, -0.15) is 0 Å². The summed E-state index contributed by atoms with van der Waals surface area (Å²) in [6, 6.07) is 16.4. The SMILES string of the molecule is Cc1ccc(C2CCCCN2C(=O)c2ccc(CN)cc2)cc1.Cl. The van der Waals surface area contributed by atoms with Gasteiger partial charge in [0.2, 0.25) is 0 Å². The molecule has 0 aliphatic carbocycles. The summed E-state index contributed by atoms with van der Waals surface area (Å²) in [5, 5.41) is 0. The van der Waals surface area contributed by atoms with E-state index in [2.05, 4.69) is 31.2 Å². The third kappa shape index (κ3) is 3.97. The van der Waals surface area contributed by atoms with Gasteiger partial charge in [-0.3, -0.25) is 4.79 Å². The van der Waals surface area contributed by atoms with Crippen molar-refractivity contribution < 1.29 is 4.79 Å². The largest absolute Gasteiger partial charge is 0.332 e. The van der Waals surface area contributed by atoms with E-state index < -0.39 is 0 Å². The lowest BCUT2D eigenvalue weighted by Gasteiger charge is -2.36.